The second kappa shape index (κ2) is 11.9. The minimum Gasteiger partial charge on any atom is -0.434 e. The normalized spacial score (nSPS) is 17.4. The van der Waals surface area contributed by atoms with Gasteiger partial charge in [0.05, 0.1) is 13.2 Å². The van der Waals surface area contributed by atoms with Crippen LogP contribution in [0.3, 0.4) is 0 Å². The number of ether oxygens (including phenoxy) is 2. The number of nitrogens with zero attached hydrogens (tertiary/aromatic N) is 2. The zero-order chi connectivity index (χ0) is 18.2. The molecular formula is C17H25BrF2IN3O2. The second-order valence-electron chi connectivity index (χ2n) is 5.86. The van der Waals surface area contributed by atoms with Crippen molar-refractivity contribution in [3.05, 3.63) is 28.2 Å². The highest BCUT2D eigenvalue weighted by molar-refractivity contribution is 14.0. The summed E-state index contributed by atoms with van der Waals surface area (Å²) in [5.74, 6) is 1.41. The summed E-state index contributed by atoms with van der Waals surface area (Å²) < 4.78 is 35.8. The van der Waals surface area contributed by atoms with Crippen molar-refractivity contribution < 1.29 is 18.3 Å². The van der Waals surface area contributed by atoms with E-state index in [0.29, 0.717) is 11.5 Å². The summed E-state index contributed by atoms with van der Waals surface area (Å²) in [6.45, 7) is 2.65. The van der Waals surface area contributed by atoms with Gasteiger partial charge in [0.2, 0.25) is 0 Å². The quantitative estimate of drug-likeness (QED) is 0.317. The smallest absolute Gasteiger partial charge is 0.387 e. The third kappa shape index (κ3) is 7.15. The highest BCUT2D eigenvalue weighted by Gasteiger charge is 2.24. The Bertz CT molecular complexity index is 593. The lowest BCUT2D eigenvalue weighted by Gasteiger charge is -2.22. The SMILES string of the molecule is CCNC(=NCc1cc(Br)ccc1OC(F)F)N1CCC(COC)C1.I. The highest BCUT2D eigenvalue weighted by Crippen LogP contribution is 2.26. The maximum atomic E-state index is 12.6. The van der Waals surface area contributed by atoms with Gasteiger partial charge in [0.25, 0.3) is 0 Å². The second-order valence-corrected chi connectivity index (χ2v) is 6.77. The lowest BCUT2D eigenvalue weighted by atomic mass is 10.1. The molecule has 1 N–H and O–H groups in total. The zero-order valence-corrected chi connectivity index (χ0v) is 18.8. The minimum absolute atomic E-state index is 0. The van der Waals surface area contributed by atoms with Gasteiger partial charge in [-0.2, -0.15) is 8.78 Å². The molecule has 1 atom stereocenters. The van der Waals surface area contributed by atoms with Crippen LogP contribution in [0.15, 0.2) is 27.7 Å². The van der Waals surface area contributed by atoms with E-state index in [4.69, 9.17) is 4.74 Å². The van der Waals surface area contributed by atoms with Crippen LogP contribution in [0.5, 0.6) is 5.75 Å². The van der Waals surface area contributed by atoms with E-state index in [1.54, 1.807) is 19.2 Å². The van der Waals surface area contributed by atoms with Crippen molar-refractivity contribution in [3.63, 3.8) is 0 Å². The van der Waals surface area contributed by atoms with Crippen LogP contribution in [0.1, 0.15) is 18.9 Å². The number of aliphatic imine (C=N–C) groups is 1. The molecule has 0 amide bonds. The number of likely N-dealkylation sites (tertiary alicyclic amines) is 1. The van der Waals surface area contributed by atoms with Crippen molar-refractivity contribution in [2.75, 3.05) is 33.4 Å². The first-order chi connectivity index (χ1) is 12.0. The molecule has 1 heterocycles. The standard InChI is InChI=1S/C17H24BrF2N3O2.HI/c1-3-21-17(23-7-6-12(10-23)11-24-2)22-9-13-8-14(18)4-5-15(13)25-16(19)20;/h4-5,8,12,16H,3,6-7,9-11H2,1-2H3,(H,21,22);1H. The van der Waals surface area contributed by atoms with Gasteiger partial charge >= 0.3 is 6.61 Å². The van der Waals surface area contributed by atoms with Crippen molar-refractivity contribution >= 4 is 45.9 Å². The number of benzene rings is 1. The van der Waals surface area contributed by atoms with E-state index < -0.39 is 6.61 Å². The van der Waals surface area contributed by atoms with Gasteiger partial charge in [-0.05, 0) is 31.5 Å². The third-order valence-electron chi connectivity index (χ3n) is 3.96. The predicted molar refractivity (Wildman–Crippen MR) is 113 cm³/mol. The van der Waals surface area contributed by atoms with Crippen molar-refractivity contribution in [3.8, 4) is 5.75 Å². The fraction of sp³-hybridized carbons (Fsp3) is 0.588. The molecule has 0 spiro atoms. The number of alkyl halides is 2. The maximum absolute atomic E-state index is 12.6. The molecule has 1 unspecified atom stereocenters. The number of guanidine groups is 1. The van der Waals surface area contributed by atoms with E-state index in [0.717, 1.165) is 43.1 Å². The van der Waals surface area contributed by atoms with Crippen LogP contribution in [0.25, 0.3) is 0 Å². The largest absolute Gasteiger partial charge is 0.434 e. The first-order valence-electron chi connectivity index (χ1n) is 8.29. The van der Waals surface area contributed by atoms with Gasteiger partial charge in [-0.25, -0.2) is 4.99 Å². The van der Waals surface area contributed by atoms with Gasteiger partial charge in [-0.3, -0.25) is 0 Å². The Kier molecular flexibility index (Phi) is 10.7. The lowest BCUT2D eigenvalue weighted by molar-refractivity contribution is -0.0504. The Morgan fingerprint density at radius 1 is 1.46 bits per heavy atom. The molecule has 1 aliphatic rings. The van der Waals surface area contributed by atoms with E-state index in [-0.39, 0.29) is 36.3 Å². The summed E-state index contributed by atoms with van der Waals surface area (Å²) in [6.07, 6.45) is 1.05. The van der Waals surface area contributed by atoms with E-state index in [2.05, 4.69) is 35.9 Å². The first-order valence-corrected chi connectivity index (χ1v) is 9.08. The van der Waals surface area contributed by atoms with Gasteiger partial charge in [0.1, 0.15) is 5.75 Å². The van der Waals surface area contributed by atoms with Crippen molar-refractivity contribution in [1.82, 2.24) is 10.2 Å². The Labute approximate surface area is 178 Å². The molecule has 148 valence electrons. The molecule has 0 aliphatic carbocycles. The van der Waals surface area contributed by atoms with Crippen LogP contribution >= 0.6 is 39.9 Å². The summed E-state index contributed by atoms with van der Waals surface area (Å²) in [5, 5.41) is 3.27. The van der Waals surface area contributed by atoms with Crippen LogP contribution < -0.4 is 10.1 Å². The fourth-order valence-electron chi connectivity index (χ4n) is 2.87. The zero-order valence-electron chi connectivity index (χ0n) is 14.9. The first kappa shape index (κ1) is 23.4. The van der Waals surface area contributed by atoms with E-state index in [1.165, 1.54) is 6.07 Å². The fourth-order valence-corrected chi connectivity index (χ4v) is 3.27. The molecule has 1 fully saturated rings. The van der Waals surface area contributed by atoms with Gasteiger partial charge in [-0.15, -0.1) is 24.0 Å². The van der Waals surface area contributed by atoms with E-state index >= 15 is 0 Å². The monoisotopic (exact) mass is 547 g/mol. The van der Waals surface area contributed by atoms with Crippen molar-refractivity contribution in [2.45, 2.75) is 26.5 Å². The number of rotatable bonds is 7. The van der Waals surface area contributed by atoms with E-state index in [9.17, 15) is 8.78 Å². The molecule has 0 radical (unpaired) electrons. The molecule has 1 aromatic rings. The lowest BCUT2D eigenvalue weighted by Crippen LogP contribution is -2.40. The van der Waals surface area contributed by atoms with Gasteiger partial charge in [-0.1, -0.05) is 15.9 Å². The van der Waals surface area contributed by atoms with Crippen molar-refractivity contribution in [1.29, 1.82) is 0 Å². The summed E-state index contributed by atoms with van der Waals surface area (Å²) in [6, 6.07) is 4.95. The summed E-state index contributed by atoms with van der Waals surface area (Å²) >= 11 is 3.36. The molecule has 5 nitrogen and oxygen atoms in total. The number of hydrogen-bond donors (Lipinski definition) is 1. The van der Waals surface area contributed by atoms with Crippen LogP contribution in [0.4, 0.5) is 8.78 Å². The highest BCUT2D eigenvalue weighted by atomic mass is 127. The summed E-state index contributed by atoms with van der Waals surface area (Å²) in [4.78, 5) is 6.79. The third-order valence-corrected chi connectivity index (χ3v) is 4.45. The average Bonchev–Trinajstić information content (AvgIpc) is 3.02. The van der Waals surface area contributed by atoms with Crippen LogP contribution in [-0.2, 0) is 11.3 Å². The number of halogens is 4. The topological polar surface area (TPSA) is 46.1 Å². The average molecular weight is 548 g/mol. The molecule has 26 heavy (non-hydrogen) atoms. The molecule has 1 aliphatic heterocycles. The molecule has 9 heteroatoms. The number of hydrogen-bond acceptors (Lipinski definition) is 3. The van der Waals surface area contributed by atoms with Crippen LogP contribution in [-0.4, -0.2) is 50.8 Å². The Balaban J connectivity index is 0.00000338. The van der Waals surface area contributed by atoms with Crippen LogP contribution in [0, 0.1) is 5.92 Å². The molecule has 1 saturated heterocycles. The minimum atomic E-state index is -2.86. The summed E-state index contributed by atoms with van der Waals surface area (Å²) in [5.41, 5.74) is 0.609. The number of methoxy groups -OCH3 is 1. The van der Waals surface area contributed by atoms with E-state index in [1.807, 2.05) is 6.92 Å². The summed E-state index contributed by atoms with van der Waals surface area (Å²) in [7, 11) is 1.71. The molecular weight excluding hydrogens is 523 g/mol. The molecule has 0 bridgehead atoms. The maximum Gasteiger partial charge on any atom is 0.387 e. The van der Waals surface area contributed by atoms with Crippen LogP contribution in [0.2, 0.25) is 0 Å². The van der Waals surface area contributed by atoms with Gasteiger partial charge in [0, 0.05) is 42.7 Å². The van der Waals surface area contributed by atoms with Gasteiger partial charge in [0.15, 0.2) is 5.96 Å². The molecule has 2 rings (SSSR count). The Hall–Kier alpha value is -0.680. The van der Waals surface area contributed by atoms with Crippen molar-refractivity contribution in [2.24, 2.45) is 10.9 Å². The Morgan fingerprint density at radius 2 is 2.23 bits per heavy atom. The molecule has 0 saturated carbocycles. The molecule has 1 aromatic carbocycles. The van der Waals surface area contributed by atoms with Gasteiger partial charge < -0.3 is 19.7 Å². The predicted octanol–water partition coefficient (Wildman–Crippen LogP) is 4.10. The Morgan fingerprint density at radius 3 is 2.88 bits per heavy atom. The molecule has 0 aromatic heterocycles. The number of nitrogens with one attached hydrogen (secondary N) is 1.